The number of nitrogens with zero attached hydrogens (tertiary/aromatic N) is 2. The van der Waals surface area contributed by atoms with Crippen LogP contribution in [0.3, 0.4) is 0 Å². The number of benzene rings is 2. The first-order valence-corrected chi connectivity index (χ1v) is 10.0. The number of guanidine groups is 1. The summed E-state index contributed by atoms with van der Waals surface area (Å²) in [7, 11) is 3.48. The molecule has 2 atom stereocenters. The van der Waals surface area contributed by atoms with Crippen LogP contribution in [0.25, 0.3) is 0 Å². The van der Waals surface area contributed by atoms with Crippen molar-refractivity contribution in [3.05, 3.63) is 65.7 Å². The van der Waals surface area contributed by atoms with Gasteiger partial charge in [-0.2, -0.15) is 0 Å². The Labute approximate surface area is 173 Å². The number of amides is 1. The Morgan fingerprint density at radius 2 is 1.90 bits per heavy atom. The summed E-state index contributed by atoms with van der Waals surface area (Å²) in [6, 6.07) is 18.6. The molecule has 0 saturated heterocycles. The van der Waals surface area contributed by atoms with Gasteiger partial charge >= 0.3 is 0 Å². The predicted octanol–water partition coefficient (Wildman–Crippen LogP) is 2.42. The molecule has 1 heterocycles. The van der Waals surface area contributed by atoms with Crippen LogP contribution in [0.2, 0.25) is 0 Å². The molecule has 6 nitrogen and oxygen atoms in total. The van der Waals surface area contributed by atoms with E-state index in [0.717, 1.165) is 18.7 Å². The summed E-state index contributed by atoms with van der Waals surface area (Å²) in [5.41, 5.74) is 2.47. The SMILES string of the molecule is CC(NC(=NCC(=O)N(C)C)NCCc1ccccc1)C1COc2ccccc21. The van der Waals surface area contributed by atoms with E-state index in [2.05, 4.69) is 40.7 Å². The van der Waals surface area contributed by atoms with Gasteiger partial charge < -0.3 is 20.3 Å². The van der Waals surface area contributed by atoms with Crippen LogP contribution in [0.4, 0.5) is 0 Å². The van der Waals surface area contributed by atoms with Crippen molar-refractivity contribution in [2.24, 2.45) is 4.99 Å². The normalized spacial score (nSPS) is 16.5. The zero-order chi connectivity index (χ0) is 20.6. The zero-order valence-corrected chi connectivity index (χ0v) is 17.4. The Kier molecular flexibility index (Phi) is 7.11. The first kappa shape index (κ1) is 20.7. The van der Waals surface area contributed by atoms with E-state index in [1.807, 2.05) is 36.4 Å². The summed E-state index contributed by atoms with van der Waals surface area (Å²) in [5.74, 6) is 1.80. The molecule has 2 aromatic carbocycles. The minimum absolute atomic E-state index is 0.0312. The van der Waals surface area contributed by atoms with Crippen molar-refractivity contribution < 1.29 is 9.53 Å². The van der Waals surface area contributed by atoms with Crippen molar-refractivity contribution in [1.82, 2.24) is 15.5 Å². The fourth-order valence-electron chi connectivity index (χ4n) is 3.33. The molecule has 29 heavy (non-hydrogen) atoms. The van der Waals surface area contributed by atoms with Crippen LogP contribution in [0.1, 0.15) is 24.0 Å². The molecule has 0 radical (unpaired) electrons. The molecule has 0 saturated carbocycles. The minimum Gasteiger partial charge on any atom is -0.493 e. The number of aliphatic imine (C=N–C) groups is 1. The average molecular weight is 395 g/mol. The van der Waals surface area contributed by atoms with Crippen molar-refractivity contribution in [3.63, 3.8) is 0 Å². The molecule has 0 aliphatic carbocycles. The summed E-state index contributed by atoms with van der Waals surface area (Å²) in [5, 5.41) is 6.84. The van der Waals surface area contributed by atoms with E-state index in [1.165, 1.54) is 11.1 Å². The molecule has 1 aliphatic heterocycles. The number of ether oxygens (including phenoxy) is 1. The van der Waals surface area contributed by atoms with E-state index in [4.69, 9.17) is 4.74 Å². The van der Waals surface area contributed by atoms with Crippen LogP contribution in [0.15, 0.2) is 59.6 Å². The third kappa shape index (κ3) is 5.73. The standard InChI is InChI=1S/C23H30N4O2/c1-17(20-16-29-21-12-8-7-11-19(20)21)26-23(25-15-22(28)27(2)3)24-14-13-18-9-5-4-6-10-18/h4-12,17,20H,13-16H2,1-3H3,(H2,24,25,26). The van der Waals surface area contributed by atoms with E-state index in [1.54, 1.807) is 19.0 Å². The number of hydrogen-bond donors (Lipinski definition) is 2. The molecule has 6 heteroatoms. The van der Waals surface area contributed by atoms with Gasteiger partial charge in [0.15, 0.2) is 5.96 Å². The van der Waals surface area contributed by atoms with Gasteiger partial charge in [0, 0.05) is 38.2 Å². The molecule has 1 aliphatic rings. The van der Waals surface area contributed by atoms with Crippen molar-refractivity contribution >= 4 is 11.9 Å². The second kappa shape index (κ2) is 9.96. The Morgan fingerprint density at radius 3 is 2.66 bits per heavy atom. The molecule has 2 aromatic rings. The fourth-order valence-corrected chi connectivity index (χ4v) is 3.33. The Morgan fingerprint density at radius 1 is 1.17 bits per heavy atom. The smallest absolute Gasteiger partial charge is 0.243 e. The first-order valence-electron chi connectivity index (χ1n) is 10.0. The maximum Gasteiger partial charge on any atom is 0.243 e. The van der Waals surface area contributed by atoms with Crippen LogP contribution in [0, 0.1) is 0 Å². The van der Waals surface area contributed by atoms with Crippen LogP contribution >= 0.6 is 0 Å². The third-order valence-corrected chi connectivity index (χ3v) is 5.12. The number of likely N-dealkylation sites (N-methyl/N-ethyl adjacent to an activating group) is 1. The van der Waals surface area contributed by atoms with Crippen LogP contribution in [0.5, 0.6) is 5.75 Å². The van der Waals surface area contributed by atoms with Gasteiger partial charge in [-0.05, 0) is 25.0 Å². The summed E-state index contributed by atoms with van der Waals surface area (Å²) < 4.78 is 5.82. The van der Waals surface area contributed by atoms with E-state index in [-0.39, 0.29) is 24.4 Å². The number of carbonyl (C=O) groups is 1. The number of para-hydroxylation sites is 1. The molecule has 2 N–H and O–H groups in total. The number of fused-ring (bicyclic) bond motifs is 1. The number of rotatable bonds is 7. The van der Waals surface area contributed by atoms with Gasteiger partial charge in [-0.1, -0.05) is 48.5 Å². The average Bonchev–Trinajstić information content (AvgIpc) is 3.16. The topological polar surface area (TPSA) is 66.0 Å². The molecule has 2 unspecified atom stereocenters. The van der Waals surface area contributed by atoms with Crippen molar-refractivity contribution in [2.45, 2.75) is 25.3 Å². The third-order valence-electron chi connectivity index (χ3n) is 5.12. The van der Waals surface area contributed by atoms with E-state index < -0.39 is 0 Å². The molecule has 0 spiro atoms. The van der Waals surface area contributed by atoms with Gasteiger partial charge in [0.05, 0.1) is 6.61 Å². The molecular weight excluding hydrogens is 364 g/mol. The number of nitrogens with one attached hydrogen (secondary N) is 2. The van der Waals surface area contributed by atoms with E-state index in [0.29, 0.717) is 12.6 Å². The Balaban J connectivity index is 1.64. The Hall–Kier alpha value is -3.02. The predicted molar refractivity (Wildman–Crippen MR) is 116 cm³/mol. The lowest BCUT2D eigenvalue weighted by atomic mass is 9.94. The highest BCUT2D eigenvalue weighted by Gasteiger charge is 2.29. The van der Waals surface area contributed by atoms with Gasteiger partial charge in [0.25, 0.3) is 0 Å². The Bertz CT molecular complexity index is 836. The van der Waals surface area contributed by atoms with Gasteiger partial charge in [0.1, 0.15) is 12.3 Å². The zero-order valence-electron chi connectivity index (χ0n) is 17.4. The number of hydrogen-bond acceptors (Lipinski definition) is 3. The van der Waals surface area contributed by atoms with E-state index in [9.17, 15) is 4.79 Å². The van der Waals surface area contributed by atoms with Crippen LogP contribution in [-0.2, 0) is 11.2 Å². The van der Waals surface area contributed by atoms with Crippen LogP contribution < -0.4 is 15.4 Å². The largest absolute Gasteiger partial charge is 0.493 e. The van der Waals surface area contributed by atoms with Crippen molar-refractivity contribution in [1.29, 1.82) is 0 Å². The summed E-state index contributed by atoms with van der Waals surface area (Å²) in [4.78, 5) is 18.0. The molecule has 1 amide bonds. The first-order chi connectivity index (χ1) is 14.0. The summed E-state index contributed by atoms with van der Waals surface area (Å²) in [6.45, 7) is 3.61. The second-order valence-corrected chi connectivity index (χ2v) is 7.50. The highest BCUT2D eigenvalue weighted by atomic mass is 16.5. The monoisotopic (exact) mass is 394 g/mol. The molecule has 0 bridgehead atoms. The van der Waals surface area contributed by atoms with Crippen LogP contribution in [-0.4, -0.2) is 56.6 Å². The lowest BCUT2D eigenvalue weighted by Crippen LogP contribution is -2.46. The lowest BCUT2D eigenvalue weighted by Gasteiger charge is -2.23. The summed E-state index contributed by atoms with van der Waals surface area (Å²) in [6.07, 6.45) is 0.882. The maximum atomic E-state index is 12.0. The minimum atomic E-state index is -0.0312. The summed E-state index contributed by atoms with van der Waals surface area (Å²) >= 11 is 0. The van der Waals surface area contributed by atoms with E-state index >= 15 is 0 Å². The number of carbonyl (C=O) groups excluding carboxylic acids is 1. The van der Waals surface area contributed by atoms with Crippen molar-refractivity contribution in [2.75, 3.05) is 33.8 Å². The van der Waals surface area contributed by atoms with Gasteiger partial charge in [0.2, 0.25) is 5.91 Å². The maximum absolute atomic E-state index is 12.0. The second-order valence-electron chi connectivity index (χ2n) is 7.50. The lowest BCUT2D eigenvalue weighted by molar-refractivity contribution is -0.127. The molecule has 0 fully saturated rings. The quantitative estimate of drug-likeness (QED) is 0.559. The molecule has 0 aromatic heterocycles. The fraction of sp³-hybridized carbons (Fsp3) is 0.391. The highest BCUT2D eigenvalue weighted by Crippen LogP contribution is 2.35. The van der Waals surface area contributed by atoms with Crippen molar-refractivity contribution in [3.8, 4) is 5.75 Å². The van der Waals surface area contributed by atoms with Gasteiger partial charge in [-0.3, -0.25) is 4.79 Å². The molecule has 3 rings (SSSR count). The molecule has 154 valence electrons. The van der Waals surface area contributed by atoms with Gasteiger partial charge in [-0.25, -0.2) is 4.99 Å². The molecular formula is C23H30N4O2. The van der Waals surface area contributed by atoms with Gasteiger partial charge in [-0.15, -0.1) is 0 Å². The highest BCUT2D eigenvalue weighted by molar-refractivity contribution is 5.85.